The first-order valence-electron chi connectivity index (χ1n) is 7.56. The molecule has 7 heteroatoms. The van der Waals surface area contributed by atoms with E-state index in [1.165, 1.54) is 0 Å². The van der Waals surface area contributed by atoms with Gasteiger partial charge in [-0.05, 0) is 30.7 Å². The zero-order valence-corrected chi connectivity index (χ0v) is 13.4. The van der Waals surface area contributed by atoms with Crippen molar-refractivity contribution in [1.29, 1.82) is 0 Å². The molecule has 0 saturated heterocycles. The van der Waals surface area contributed by atoms with Crippen molar-refractivity contribution in [1.82, 2.24) is 15.2 Å². The van der Waals surface area contributed by atoms with Gasteiger partial charge in [-0.1, -0.05) is 30.3 Å². The smallest absolute Gasteiger partial charge is 0.274 e. The molecule has 0 unspecified atom stereocenters. The summed E-state index contributed by atoms with van der Waals surface area (Å²) in [5.41, 5.74) is 3.53. The van der Waals surface area contributed by atoms with Gasteiger partial charge in [-0.2, -0.15) is 5.10 Å². The topological polar surface area (TPSA) is 92.3 Å². The number of H-pyrrole nitrogens is 1. The normalized spacial score (nSPS) is 11.1. The maximum absolute atomic E-state index is 11.5. The van der Waals surface area contributed by atoms with Crippen LogP contribution in [0.15, 0.2) is 46.3 Å². The van der Waals surface area contributed by atoms with E-state index in [9.17, 15) is 4.79 Å². The second-order valence-corrected chi connectivity index (χ2v) is 5.09. The number of hydrogen-bond acceptors (Lipinski definition) is 6. The molecule has 2 N–H and O–H groups in total. The van der Waals surface area contributed by atoms with Gasteiger partial charge in [0.05, 0.1) is 12.8 Å². The predicted octanol–water partition coefficient (Wildman–Crippen LogP) is 2.47. The van der Waals surface area contributed by atoms with Crippen LogP contribution in [0.4, 0.5) is 5.95 Å². The quantitative estimate of drug-likeness (QED) is 0.556. The van der Waals surface area contributed by atoms with Crippen LogP contribution >= 0.6 is 0 Å². The fourth-order valence-corrected chi connectivity index (χ4v) is 2.29. The number of aromatic amines is 1. The molecule has 0 amide bonds. The maximum atomic E-state index is 11.5. The SMILES string of the molecule is CCOc1ccc2ccccc2c1/C=N/Nc1nnc(C)c(=O)[nH]1. The largest absolute Gasteiger partial charge is 0.493 e. The minimum Gasteiger partial charge on any atom is -0.493 e. The maximum Gasteiger partial charge on any atom is 0.274 e. The molecule has 0 atom stereocenters. The highest BCUT2D eigenvalue weighted by molar-refractivity contribution is 6.02. The van der Waals surface area contributed by atoms with Gasteiger partial charge in [-0.15, -0.1) is 10.2 Å². The summed E-state index contributed by atoms with van der Waals surface area (Å²) in [7, 11) is 0. The lowest BCUT2D eigenvalue weighted by atomic mass is 10.0. The van der Waals surface area contributed by atoms with Crippen molar-refractivity contribution in [2.75, 3.05) is 12.0 Å². The van der Waals surface area contributed by atoms with Crippen LogP contribution in [-0.2, 0) is 0 Å². The van der Waals surface area contributed by atoms with Crippen LogP contribution in [0, 0.1) is 6.92 Å². The summed E-state index contributed by atoms with van der Waals surface area (Å²) in [5.74, 6) is 0.922. The van der Waals surface area contributed by atoms with Gasteiger partial charge in [0.25, 0.3) is 5.56 Å². The molecule has 3 aromatic rings. The van der Waals surface area contributed by atoms with Crippen LogP contribution in [0.25, 0.3) is 10.8 Å². The first-order chi connectivity index (χ1) is 11.7. The monoisotopic (exact) mass is 323 g/mol. The fourth-order valence-electron chi connectivity index (χ4n) is 2.29. The molecule has 1 heterocycles. The van der Waals surface area contributed by atoms with E-state index in [4.69, 9.17) is 4.74 Å². The Bertz CT molecular complexity index is 949. The molecular formula is C17H17N5O2. The molecule has 0 aliphatic rings. The van der Waals surface area contributed by atoms with Crippen molar-refractivity contribution in [2.24, 2.45) is 5.10 Å². The van der Waals surface area contributed by atoms with E-state index in [-0.39, 0.29) is 11.5 Å². The van der Waals surface area contributed by atoms with Gasteiger partial charge in [0.2, 0.25) is 5.95 Å². The van der Waals surface area contributed by atoms with Crippen LogP contribution in [0.2, 0.25) is 0 Å². The van der Waals surface area contributed by atoms with Crippen molar-refractivity contribution >= 4 is 22.9 Å². The fraction of sp³-hybridized carbons (Fsp3) is 0.176. The van der Waals surface area contributed by atoms with E-state index < -0.39 is 0 Å². The molecule has 3 rings (SSSR count). The Morgan fingerprint density at radius 2 is 2.08 bits per heavy atom. The molecule has 0 aliphatic heterocycles. The Morgan fingerprint density at radius 1 is 1.25 bits per heavy atom. The van der Waals surface area contributed by atoms with Crippen molar-refractivity contribution in [3.05, 3.63) is 58.0 Å². The minimum absolute atomic E-state index is 0.181. The number of nitrogens with one attached hydrogen (secondary N) is 2. The van der Waals surface area contributed by atoms with E-state index in [0.717, 1.165) is 22.1 Å². The van der Waals surface area contributed by atoms with Gasteiger partial charge in [0, 0.05) is 5.56 Å². The number of nitrogens with zero attached hydrogens (tertiary/aromatic N) is 3. The Hall–Kier alpha value is -3.22. The highest BCUT2D eigenvalue weighted by Gasteiger charge is 2.06. The minimum atomic E-state index is -0.303. The zero-order chi connectivity index (χ0) is 16.9. The standard InChI is InChI=1S/C17H17N5O2/c1-3-24-15-9-8-12-6-4-5-7-13(12)14(15)10-18-21-17-19-16(23)11(2)20-22-17/h4-10H,3H2,1-2H3,(H2,19,21,22,23)/b18-10+. The van der Waals surface area contributed by atoms with Crippen molar-refractivity contribution in [3.8, 4) is 5.75 Å². The zero-order valence-electron chi connectivity index (χ0n) is 13.4. The average Bonchev–Trinajstić information content (AvgIpc) is 2.60. The number of aromatic nitrogens is 3. The number of rotatable bonds is 5. The molecule has 0 aliphatic carbocycles. The van der Waals surface area contributed by atoms with Crippen LogP contribution in [-0.4, -0.2) is 28.0 Å². The Labute approximate surface area is 138 Å². The number of anilines is 1. The van der Waals surface area contributed by atoms with Crippen LogP contribution < -0.4 is 15.7 Å². The Balaban J connectivity index is 1.94. The summed E-state index contributed by atoms with van der Waals surface area (Å²) >= 11 is 0. The molecule has 24 heavy (non-hydrogen) atoms. The molecule has 0 bridgehead atoms. The lowest BCUT2D eigenvalue weighted by molar-refractivity contribution is 0.340. The van der Waals surface area contributed by atoms with E-state index in [2.05, 4.69) is 25.7 Å². The number of hydrogen-bond donors (Lipinski definition) is 2. The van der Waals surface area contributed by atoms with Crippen LogP contribution in [0.1, 0.15) is 18.2 Å². The third kappa shape index (κ3) is 3.24. The summed E-state index contributed by atoms with van der Waals surface area (Å²) < 4.78 is 5.68. The molecule has 122 valence electrons. The van der Waals surface area contributed by atoms with Crippen LogP contribution in [0.5, 0.6) is 5.75 Å². The lowest BCUT2D eigenvalue weighted by Gasteiger charge is -2.10. The van der Waals surface area contributed by atoms with Gasteiger partial charge < -0.3 is 4.74 Å². The highest BCUT2D eigenvalue weighted by Crippen LogP contribution is 2.26. The summed E-state index contributed by atoms with van der Waals surface area (Å²) in [6, 6.07) is 11.9. The number of aryl methyl sites for hydroxylation is 1. The molecule has 0 fully saturated rings. The molecule has 0 radical (unpaired) electrons. The van der Waals surface area contributed by atoms with Gasteiger partial charge >= 0.3 is 0 Å². The van der Waals surface area contributed by atoms with Crippen molar-refractivity contribution < 1.29 is 4.74 Å². The predicted molar refractivity (Wildman–Crippen MR) is 93.7 cm³/mol. The summed E-state index contributed by atoms with van der Waals surface area (Å²) in [5, 5.41) is 13.8. The Kier molecular flexibility index (Phi) is 4.51. The average molecular weight is 323 g/mol. The molecular weight excluding hydrogens is 306 g/mol. The van der Waals surface area contributed by atoms with E-state index in [1.807, 2.05) is 43.3 Å². The lowest BCUT2D eigenvalue weighted by Crippen LogP contribution is -2.15. The van der Waals surface area contributed by atoms with Gasteiger partial charge in [0.1, 0.15) is 11.4 Å². The number of ether oxygens (including phenoxy) is 1. The third-order valence-electron chi connectivity index (χ3n) is 3.46. The molecule has 0 saturated carbocycles. The second kappa shape index (κ2) is 6.91. The third-order valence-corrected chi connectivity index (χ3v) is 3.46. The number of hydrazone groups is 1. The van der Waals surface area contributed by atoms with Crippen molar-refractivity contribution in [2.45, 2.75) is 13.8 Å². The van der Waals surface area contributed by atoms with Gasteiger partial charge in [-0.3, -0.25) is 9.78 Å². The molecule has 0 spiro atoms. The summed E-state index contributed by atoms with van der Waals surface area (Å²) in [4.78, 5) is 14.1. The van der Waals surface area contributed by atoms with E-state index >= 15 is 0 Å². The summed E-state index contributed by atoms with van der Waals surface area (Å²) in [6.07, 6.45) is 1.65. The molecule has 1 aromatic heterocycles. The summed E-state index contributed by atoms with van der Waals surface area (Å²) in [6.45, 7) is 4.08. The van der Waals surface area contributed by atoms with E-state index in [1.54, 1.807) is 13.1 Å². The van der Waals surface area contributed by atoms with Gasteiger partial charge in [-0.25, -0.2) is 5.43 Å². The highest BCUT2D eigenvalue weighted by atomic mass is 16.5. The van der Waals surface area contributed by atoms with Crippen molar-refractivity contribution in [3.63, 3.8) is 0 Å². The first kappa shape index (κ1) is 15.7. The van der Waals surface area contributed by atoms with E-state index in [0.29, 0.717) is 12.3 Å². The first-order valence-corrected chi connectivity index (χ1v) is 7.56. The van der Waals surface area contributed by atoms with Gasteiger partial charge in [0.15, 0.2) is 0 Å². The molecule has 2 aromatic carbocycles. The number of benzene rings is 2. The second-order valence-electron chi connectivity index (χ2n) is 5.09. The van der Waals surface area contributed by atoms with Crippen LogP contribution in [0.3, 0.4) is 0 Å². The molecule has 7 nitrogen and oxygen atoms in total. The Morgan fingerprint density at radius 3 is 2.88 bits per heavy atom. The number of fused-ring (bicyclic) bond motifs is 1.